The molecule has 130 valence electrons. The van der Waals surface area contributed by atoms with Crippen molar-refractivity contribution in [2.75, 3.05) is 5.32 Å². The Morgan fingerprint density at radius 2 is 1.60 bits per heavy atom. The van der Waals surface area contributed by atoms with Gasteiger partial charge in [-0.2, -0.15) is 0 Å². The van der Waals surface area contributed by atoms with E-state index in [9.17, 15) is 19.8 Å². The van der Waals surface area contributed by atoms with Gasteiger partial charge in [0.1, 0.15) is 5.75 Å². The molecule has 0 heterocycles. The predicted octanol–water partition coefficient (Wildman–Crippen LogP) is 4.07. The quantitative estimate of drug-likeness (QED) is 0.715. The summed E-state index contributed by atoms with van der Waals surface area (Å²) in [5, 5.41) is 22.9. The van der Waals surface area contributed by atoms with E-state index in [0.717, 1.165) is 18.5 Å². The van der Waals surface area contributed by atoms with Crippen molar-refractivity contribution in [1.82, 2.24) is 0 Å². The van der Waals surface area contributed by atoms with E-state index in [0.29, 0.717) is 6.04 Å². The number of phenols is 1. The fourth-order valence-electron chi connectivity index (χ4n) is 3.31. The Morgan fingerprint density at radius 1 is 0.920 bits per heavy atom. The minimum absolute atomic E-state index is 0.0679. The first kappa shape index (κ1) is 17.0. The average molecular weight is 339 g/mol. The molecule has 0 aliphatic heterocycles. The number of anilines is 1. The number of carbonyl (C=O) groups is 2. The van der Waals surface area contributed by atoms with Gasteiger partial charge in [-0.1, -0.05) is 37.5 Å². The fraction of sp³-hybridized carbons (Fsp3) is 0.300. The molecule has 2 aromatic carbocycles. The molecule has 5 nitrogen and oxygen atoms in total. The van der Waals surface area contributed by atoms with Crippen LogP contribution in [0.15, 0.2) is 42.5 Å². The van der Waals surface area contributed by atoms with Crippen molar-refractivity contribution < 1.29 is 19.8 Å². The van der Waals surface area contributed by atoms with Gasteiger partial charge in [0, 0.05) is 23.4 Å². The lowest BCUT2D eigenvalue weighted by molar-refractivity contribution is 0.0692. The Kier molecular flexibility index (Phi) is 5.03. The zero-order valence-electron chi connectivity index (χ0n) is 13.9. The number of carboxylic acids is 1. The number of carbonyl (C=O) groups excluding carboxylic acids is 1. The van der Waals surface area contributed by atoms with Gasteiger partial charge in [-0.25, -0.2) is 4.79 Å². The molecule has 1 fully saturated rings. The highest BCUT2D eigenvalue weighted by molar-refractivity contribution is 6.15. The van der Waals surface area contributed by atoms with Crippen molar-refractivity contribution in [2.24, 2.45) is 0 Å². The van der Waals surface area contributed by atoms with Crippen molar-refractivity contribution in [3.05, 3.63) is 59.2 Å². The van der Waals surface area contributed by atoms with Crippen LogP contribution in [0.3, 0.4) is 0 Å². The normalized spacial score (nSPS) is 14.9. The Hall–Kier alpha value is -2.82. The van der Waals surface area contributed by atoms with E-state index < -0.39 is 11.8 Å². The first-order valence-electron chi connectivity index (χ1n) is 8.53. The monoisotopic (exact) mass is 339 g/mol. The molecule has 5 heteroatoms. The summed E-state index contributed by atoms with van der Waals surface area (Å²) >= 11 is 0. The summed E-state index contributed by atoms with van der Waals surface area (Å²) < 4.78 is 0. The second kappa shape index (κ2) is 7.38. The molecule has 3 rings (SSSR count). The summed E-state index contributed by atoms with van der Waals surface area (Å²) in [6.45, 7) is 0. The van der Waals surface area contributed by atoms with Crippen LogP contribution in [0.5, 0.6) is 5.75 Å². The van der Waals surface area contributed by atoms with Crippen molar-refractivity contribution in [3.63, 3.8) is 0 Å². The van der Waals surface area contributed by atoms with Crippen LogP contribution in [-0.2, 0) is 0 Å². The summed E-state index contributed by atoms with van der Waals surface area (Å²) in [4.78, 5) is 23.9. The molecule has 2 aromatic rings. The minimum atomic E-state index is -1.17. The summed E-state index contributed by atoms with van der Waals surface area (Å²) in [5.41, 5.74) is 0.866. The molecule has 0 radical (unpaired) electrons. The predicted molar refractivity (Wildman–Crippen MR) is 95.4 cm³/mol. The summed E-state index contributed by atoms with van der Waals surface area (Å²) in [6, 6.07) is 11.2. The molecule has 0 spiro atoms. The maximum absolute atomic E-state index is 12.6. The zero-order valence-corrected chi connectivity index (χ0v) is 13.9. The summed E-state index contributed by atoms with van der Waals surface area (Å²) in [5.74, 6) is -1.82. The van der Waals surface area contributed by atoms with Gasteiger partial charge < -0.3 is 15.5 Å². The lowest BCUT2D eigenvalue weighted by Crippen LogP contribution is -2.22. The molecule has 0 bridgehead atoms. The van der Waals surface area contributed by atoms with Gasteiger partial charge in [-0.3, -0.25) is 4.79 Å². The molecule has 25 heavy (non-hydrogen) atoms. The number of ketones is 1. The molecule has 1 aliphatic rings. The molecule has 1 aliphatic carbocycles. The highest BCUT2D eigenvalue weighted by Gasteiger charge is 2.20. The van der Waals surface area contributed by atoms with Crippen LogP contribution >= 0.6 is 0 Å². The van der Waals surface area contributed by atoms with Crippen LogP contribution in [-0.4, -0.2) is 28.0 Å². The number of benzene rings is 2. The van der Waals surface area contributed by atoms with Crippen molar-refractivity contribution in [1.29, 1.82) is 0 Å². The average Bonchev–Trinajstić information content (AvgIpc) is 2.62. The van der Waals surface area contributed by atoms with Gasteiger partial charge in [-0.15, -0.1) is 0 Å². The molecule has 0 aromatic heterocycles. The SMILES string of the molecule is O=C(O)c1ccccc1C(=O)c1ccc(NC2CCCCC2)cc1O. The molecular weight excluding hydrogens is 318 g/mol. The Balaban J connectivity index is 1.83. The minimum Gasteiger partial charge on any atom is -0.507 e. The van der Waals surface area contributed by atoms with E-state index >= 15 is 0 Å². The van der Waals surface area contributed by atoms with Crippen LogP contribution in [0, 0.1) is 0 Å². The lowest BCUT2D eigenvalue weighted by Gasteiger charge is -2.24. The van der Waals surface area contributed by atoms with E-state index in [1.54, 1.807) is 24.3 Å². The Labute approximate surface area is 146 Å². The molecular formula is C20H21NO4. The van der Waals surface area contributed by atoms with Gasteiger partial charge in [0.05, 0.1) is 11.1 Å². The van der Waals surface area contributed by atoms with E-state index in [-0.39, 0.29) is 22.4 Å². The number of hydrogen-bond acceptors (Lipinski definition) is 4. The second-order valence-electron chi connectivity index (χ2n) is 6.39. The van der Waals surface area contributed by atoms with Gasteiger partial charge in [0.15, 0.2) is 5.78 Å². The third-order valence-corrected chi connectivity index (χ3v) is 4.62. The number of nitrogens with one attached hydrogen (secondary N) is 1. The third kappa shape index (κ3) is 3.82. The standard InChI is InChI=1S/C20H21NO4/c22-18-12-14(21-13-6-2-1-3-7-13)10-11-17(18)19(23)15-8-4-5-9-16(15)20(24)25/h4-5,8-13,21-22H,1-3,6-7H2,(H,24,25). The molecule has 1 saturated carbocycles. The molecule has 0 saturated heterocycles. The first-order valence-corrected chi connectivity index (χ1v) is 8.53. The first-order chi connectivity index (χ1) is 12.1. The highest BCUT2D eigenvalue weighted by Crippen LogP contribution is 2.28. The van der Waals surface area contributed by atoms with E-state index in [1.807, 2.05) is 0 Å². The fourth-order valence-corrected chi connectivity index (χ4v) is 3.31. The number of aromatic hydroxyl groups is 1. The lowest BCUT2D eigenvalue weighted by atomic mass is 9.95. The topological polar surface area (TPSA) is 86.6 Å². The largest absolute Gasteiger partial charge is 0.507 e. The van der Waals surface area contributed by atoms with Crippen molar-refractivity contribution in [2.45, 2.75) is 38.1 Å². The molecule has 0 atom stereocenters. The highest BCUT2D eigenvalue weighted by atomic mass is 16.4. The van der Waals surface area contributed by atoms with E-state index in [1.165, 1.54) is 37.5 Å². The van der Waals surface area contributed by atoms with Crippen LogP contribution in [0.1, 0.15) is 58.4 Å². The summed E-state index contributed by atoms with van der Waals surface area (Å²) in [6.07, 6.45) is 5.87. The number of aromatic carboxylic acids is 1. The number of phenolic OH excluding ortho intramolecular Hbond substituents is 1. The number of rotatable bonds is 5. The maximum atomic E-state index is 12.6. The van der Waals surface area contributed by atoms with Gasteiger partial charge in [-0.05, 0) is 31.0 Å². The Bertz CT molecular complexity index is 794. The molecule has 0 amide bonds. The maximum Gasteiger partial charge on any atom is 0.336 e. The summed E-state index contributed by atoms with van der Waals surface area (Å²) in [7, 11) is 0. The number of carboxylic acid groups (broad SMARTS) is 1. The third-order valence-electron chi connectivity index (χ3n) is 4.62. The van der Waals surface area contributed by atoms with Crippen LogP contribution in [0.25, 0.3) is 0 Å². The van der Waals surface area contributed by atoms with E-state index in [4.69, 9.17) is 0 Å². The van der Waals surface area contributed by atoms with Crippen molar-refractivity contribution >= 4 is 17.4 Å². The molecule has 3 N–H and O–H groups in total. The van der Waals surface area contributed by atoms with E-state index in [2.05, 4.69) is 5.32 Å². The zero-order chi connectivity index (χ0) is 17.8. The smallest absolute Gasteiger partial charge is 0.336 e. The van der Waals surface area contributed by atoms with Crippen LogP contribution in [0.2, 0.25) is 0 Å². The second-order valence-corrected chi connectivity index (χ2v) is 6.39. The van der Waals surface area contributed by atoms with Crippen LogP contribution in [0.4, 0.5) is 5.69 Å². The van der Waals surface area contributed by atoms with Gasteiger partial charge >= 0.3 is 5.97 Å². The Morgan fingerprint density at radius 3 is 2.24 bits per heavy atom. The molecule has 0 unspecified atom stereocenters. The number of hydrogen-bond donors (Lipinski definition) is 3. The van der Waals surface area contributed by atoms with Crippen LogP contribution < -0.4 is 5.32 Å². The van der Waals surface area contributed by atoms with Crippen molar-refractivity contribution in [3.8, 4) is 5.75 Å². The van der Waals surface area contributed by atoms with Gasteiger partial charge in [0.2, 0.25) is 0 Å². The van der Waals surface area contributed by atoms with Gasteiger partial charge in [0.25, 0.3) is 0 Å².